The molecule has 4 nitrogen and oxygen atoms in total. The van der Waals surface area contributed by atoms with Gasteiger partial charge in [0, 0.05) is 5.02 Å². The molecule has 0 spiro atoms. The average Bonchev–Trinajstić information content (AvgIpc) is 2.47. The van der Waals surface area contributed by atoms with Crippen LogP contribution in [0.1, 0.15) is 11.1 Å². The second-order valence-corrected chi connectivity index (χ2v) is 4.74. The van der Waals surface area contributed by atoms with Crippen molar-refractivity contribution in [2.45, 2.75) is 0 Å². The van der Waals surface area contributed by atoms with Crippen LogP contribution in [0.3, 0.4) is 0 Å². The highest BCUT2D eigenvalue weighted by Gasteiger charge is 2.11. The van der Waals surface area contributed by atoms with Crippen molar-refractivity contribution >= 4 is 29.2 Å². The molecule has 108 valence electrons. The van der Waals surface area contributed by atoms with Gasteiger partial charge in [0.15, 0.2) is 11.5 Å². The Morgan fingerprint density at radius 1 is 1.19 bits per heavy atom. The fourth-order valence-corrected chi connectivity index (χ4v) is 1.97. The predicted octanol–water partition coefficient (Wildman–Crippen LogP) is 3.68. The smallest absolute Gasteiger partial charge is 0.336 e. The molecule has 0 bridgehead atoms. The number of aromatic hydroxyl groups is 1. The lowest BCUT2D eigenvalue weighted by molar-refractivity contribution is -0.130. The van der Waals surface area contributed by atoms with Crippen LogP contribution < -0.4 is 4.74 Å². The van der Waals surface area contributed by atoms with Crippen LogP contribution in [-0.4, -0.2) is 23.3 Å². The Bertz CT molecular complexity index is 690. The molecule has 0 saturated carbocycles. The lowest BCUT2D eigenvalue weighted by Crippen LogP contribution is -1.99. The summed E-state index contributed by atoms with van der Waals surface area (Å²) in [5.74, 6) is -0.771. The number of carboxylic acids is 1. The van der Waals surface area contributed by atoms with Crippen LogP contribution in [0.4, 0.5) is 0 Å². The van der Waals surface area contributed by atoms with Crippen LogP contribution in [0.5, 0.6) is 11.5 Å². The number of halogens is 1. The fraction of sp³-hybridized carbons (Fsp3) is 0.0625. The van der Waals surface area contributed by atoms with Gasteiger partial charge in [-0.2, -0.15) is 0 Å². The zero-order valence-corrected chi connectivity index (χ0v) is 12.0. The molecule has 2 rings (SSSR count). The quantitative estimate of drug-likeness (QED) is 0.668. The van der Waals surface area contributed by atoms with E-state index in [1.165, 1.54) is 19.3 Å². The maximum atomic E-state index is 11.4. The Hall–Kier alpha value is -2.46. The number of methoxy groups -OCH3 is 1. The maximum Gasteiger partial charge on any atom is 0.336 e. The van der Waals surface area contributed by atoms with E-state index in [-0.39, 0.29) is 17.1 Å². The van der Waals surface area contributed by atoms with Crippen molar-refractivity contribution in [1.82, 2.24) is 0 Å². The van der Waals surface area contributed by atoms with Gasteiger partial charge in [-0.15, -0.1) is 0 Å². The van der Waals surface area contributed by atoms with E-state index in [1.807, 2.05) is 0 Å². The van der Waals surface area contributed by atoms with Crippen LogP contribution in [0.15, 0.2) is 42.5 Å². The van der Waals surface area contributed by atoms with Gasteiger partial charge in [0.2, 0.25) is 0 Å². The Kier molecular flexibility index (Phi) is 4.50. The van der Waals surface area contributed by atoms with Crippen LogP contribution in [0.25, 0.3) is 11.6 Å². The topological polar surface area (TPSA) is 66.8 Å². The predicted molar refractivity (Wildman–Crippen MR) is 81.6 cm³/mol. The molecule has 5 heteroatoms. The maximum absolute atomic E-state index is 11.4. The van der Waals surface area contributed by atoms with Crippen LogP contribution in [-0.2, 0) is 4.79 Å². The number of carbonyl (C=O) groups is 1. The standard InChI is InChI=1S/C16H13ClO4/c1-21-15-9-10(2-7-14(15)18)8-13(16(19)20)11-3-5-12(17)6-4-11/h2-9,18H,1H3,(H,19,20). The van der Waals surface area contributed by atoms with Crippen LogP contribution in [0.2, 0.25) is 5.02 Å². The number of phenols is 1. The van der Waals surface area contributed by atoms with Crippen molar-refractivity contribution < 1.29 is 19.7 Å². The molecule has 0 fully saturated rings. The van der Waals surface area contributed by atoms with Gasteiger partial charge in [-0.05, 0) is 41.5 Å². The average molecular weight is 305 g/mol. The van der Waals surface area contributed by atoms with E-state index in [0.717, 1.165) is 0 Å². The van der Waals surface area contributed by atoms with Gasteiger partial charge >= 0.3 is 5.97 Å². The Morgan fingerprint density at radius 3 is 2.43 bits per heavy atom. The lowest BCUT2D eigenvalue weighted by atomic mass is 10.0. The molecule has 2 N–H and O–H groups in total. The fourth-order valence-electron chi connectivity index (χ4n) is 1.85. The molecule has 0 aliphatic heterocycles. The van der Waals surface area contributed by atoms with Crippen LogP contribution in [0, 0.1) is 0 Å². The lowest BCUT2D eigenvalue weighted by Gasteiger charge is -2.06. The molecular formula is C16H13ClO4. The van der Waals surface area contributed by atoms with Crippen molar-refractivity contribution in [1.29, 1.82) is 0 Å². The number of carboxylic acid groups (broad SMARTS) is 1. The summed E-state index contributed by atoms with van der Waals surface area (Å²) in [6.45, 7) is 0. The van der Waals surface area contributed by atoms with Gasteiger partial charge in [0.25, 0.3) is 0 Å². The minimum atomic E-state index is -1.05. The minimum absolute atomic E-state index is 0.00184. The van der Waals surface area contributed by atoms with Crippen molar-refractivity contribution in [2.75, 3.05) is 7.11 Å². The highest BCUT2D eigenvalue weighted by atomic mass is 35.5. The largest absolute Gasteiger partial charge is 0.504 e. The van der Waals surface area contributed by atoms with Crippen LogP contribution >= 0.6 is 11.6 Å². The number of hydrogen-bond donors (Lipinski definition) is 2. The molecule has 0 saturated heterocycles. The second-order valence-electron chi connectivity index (χ2n) is 4.30. The summed E-state index contributed by atoms with van der Waals surface area (Å²) in [5, 5.41) is 19.4. The Morgan fingerprint density at radius 2 is 1.86 bits per heavy atom. The highest BCUT2D eigenvalue weighted by Crippen LogP contribution is 2.28. The molecule has 0 aliphatic rings. The first-order valence-corrected chi connectivity index (χ1v) is 6.47. The number of aliphatic carboxylic acids is 1. The summed E-state index contributed by atoms with van der Waals surface area (Å²) in [5.41, 5.74) is 1.27. The first kappa shape index (κ1) is 14.9. The summed E-state index contributed by atoms with van der Waals surface area (Å²) in [6.07, 6.45) is 1.51. The van der Waals surface area contributed by atoms with E-state index < -0.39 is 5.97 Å². The van der Waals surface area contributed by atoms with Gasteiger partial charge in [0.05, 0.1) is 12.7 Å². The van der Waals surface area contributed by atoms with Gasteiger partial charge < -0.3 is 14.9 Å². The Balaban J connectivity index is 2.47. The molecular weight excluding hydrogens is 292 g/mol. The second kappa shape index (κ2) is 6.33. The summed E-state index contributed by atoms with van der Waals surface area (Å²) in [7, 11) is 1.43. The monoisotopic (exact) mass is 304 g/mol. The molecule has 0 amide bonds. The van der Waals surface area contributed by atoms with Gasteiger partial charge in [-0.25, -0.2) is 4.79 Å². The van der Waals surface area contributed by atoms with E-state index in [9.17, 15) is 15.0 Å². The molecule has 2 aromatic carbocycles. The normalized spacial score (nSPS) is 11.2. The number of phenolic OH excluding ortho intramolecular Hbond substituents is 1. The van der Waals surface area contributed by atoms with Crippen molar-refractivity contribution in [2.24, 2.45) is 0 Å². The third kappa shape index (κ3) is 3.55. The first-order valence-electron chi connectivity index (χ1n) is 6.09. The highest BCUT2D eigenvalue weighted by molar-refractivity contribution is 6.30. The van der Waals surface area contributed by atoms with Crippen molar-refractivity contribution in [3.8, 4) is 11.5 Å². The SMILES string of the molecule is COc1cc(C=C(C(=O)O)c2ccc(Cl)cc2)ccc1O. The summed E-state index contributed by atoms with van der Waals surface area (Å²) in [4.78, 5) is 11.4. The van der Waals surface area contributed by atoms with E-state index >= 15 is 0 Å². The molecule has 0 aliphatic carbocycles. The summed E-state index contributed by atoms with van der Waals surface area (Å²) < 4.78 is 5.00. The van der Waals surface area contributed by atoms with Gasteiger partial charge in [0.1, 0.15) is 0 Å². The molecule has 0 heterocycles. The molecule has 2 aromatic rings. The summed E-state index contributed by atoms with van der Waals surface area (Å²) in [6, 6.07) is 11.2. The third-order valence-electron chi connectivity index (χ3n) is 2.90. The third-order valence-corrected chi connectivity index (χ3v) is 3.15. The minimum Gasteiger partial charge on any atom is -0.504 e. The van der Waals surface area contributed by atoms with E-state index in [0.29, 0.717) is 16.1 Å². The Labute approximate surface area is 126 Å². The van der Waals surface area contributed by atoms with E-state index in [1.54, 1.807) is 36.4 Å². The number of ether oxygens (including phenoxy) is 1. The summed E-state index contributed by atoms with van der Waals surface area (Å²) >= 11 is 5.80. The zero-order valence-electron chi connectivity index (χ0n) is 11.2. The molecule has 0 unspecified atom stereocenters. The first-order chi connectivity index (χ1) is 10.0. The van der Waals surface area contributed by atoms with Gasteiger partial charge in [-0.3, -0.25) is 0 Å². The molecule has 0 atom stereocenters. The van der Waals surface area contributed by atoms with Crippen molar-refractivity contribution in [3.05, 3.63) is 58.6 Å². The zero-order chi connectivity index (χ0) is 15.4. The van der Waals surface area contributed by atoms with E-state index in [2.05, 4.69) is 0 Å². The van der Waals surface area contributed by atoms with Crippen molar-refractivity contribution in [3.63, 3.8) is 0 Å². The van der Waals surface area contributed by atoms with E-state index in [4.69, 9.17) is 16.3 Å². The molecule has 21 heavy (non-hydrogen) atoms. The molecule has 0 radical (unpaired) electrons. The number of benzene rings is 2. The molecule has 0 aromatic heterocycles. The van der Waals surface area contributed by atoms with Gasteiger partial charge in [-0.1, -0.05) is 29.8 Å². The number of hydrogen-bond acceptors (Lipinski definition) is 3. The number of rotatable bonds is 4.